The smallest absolute Gasteiger partial charge is 0.266 e. The average molecular weight is 236 g/mol. The van der Waals surface area contributed by atoms with Gasteiger partial charge in [0.2, 0.25) is 5.91 Å². The van der Waals surface area contributed by atoms with Crippen molar-refractivity contribution in [2.24, 2.45) is 10.4 Å². The first kappa shape index (κ1) is 9.24. The molecule has 1 amide bonds. The Bertz CT molecular complexity index is 216. The minimum atomic E-state index is -1.42. The molecule has 0 atom stereocenters. The van der Waals surface area contributed by atoms with Gasteiger partial charge < -0.3 is 4.90 Å². The van der Waals surface area contributed by atoms with E-state index in [0.717, 1.165) is 0 Å². The van der Waals surface area contributed by atoms with Crippen LogP contribution in [0.15, 0.2) is 10.4 Å². The van der Waals surface area contributed by atoms with Crippen LogP contribution >= 0.6 is 15.9 Å². The Labute approximate surface area is 76.4 Å². The summed E-state index contributed by atoms with van der Waals surface area (Å²) in [5.74, 6) is -0.169. The zero-order chi connectivity index (χ0) is 9.19. The number of rotatable bonds is 3. The molecule has 0 aliphatic carbocycles. The molecule has 0 N–H and O–H groups in total. The van der Waals surface area contributed by atoms with Crippen molar-refractivity contribution in [3.63, 3.8) is 0 Å². The van der Waals surface area contributed by atoms with Crippen LogP contribution < -0.4 is 0 Å². The molecular formula is C5H6BrN3O3. The van der Waals surface area contributed by atoms with Crippen molar-refractivity contribution in [1.82, 2.24) is 4.90 Å². The van der Waals surface area contributed by atoms with Crippen molar-refractivity contribution in [3.8, 4) is 0 Å². The summed E-state index contributed by atoms with van der Waals surface area (Å²) in [6.45, 7) is 0.00880. The normalized spacial score (nSPS) is 19.6. The van der Waals surface area contributed by atoms with E-state index in [1.54, 1.807) is 0 Å². The van der Waals surface area contributed by atoms with Crippen LogP contribution in [-0.2, 0) is 4.79 Å². The maximum absolute atomic E-state index is 10.9. The van der Waals surface area contributed by atoms with E-state index in [-0.39, 0.29) is 24.3 Å². The molecular weight excluding hydrogens is 230 g/mol. The lowest BCUT2D eigenvalue weighted by molar-refractivity contribution is -0.135. The molecule has 0 saturated carbocycles. The summed E-state index contributed by atoms with van der Waals surface area (Å²) in [5, 5.41) is 5.33. The molecule has 0 aromatic carbocycles. The summed E-state index contributed by atoms with van der Waals surface area (Å²) < 4.78 is 0. The zero-order valence-corrected chi connectivity index (χ0v) is 7.65. The molecule has 1 rings (SSSR count). The van der Waals surface area contributed by atoms with E-state index in [1.165, 1.54) is 4.90 Å². The number of nitrogens with zero attached hydrogens (tertiary/aromatic N) is 3. The van der Waals surface area contributed by atoms with Crippen LogP contribution in [0.5, 0.6) is 0 Å². The van der Waals surface area contributed by atoms with Crippen LogP contribution in [0.1, 0.15) is 0 Å². The second-order valence-electron chi connectivity index (χ2n) is 2.55. The Morgan fingerprint density at radius 3 is 2.25 bits per heavy atom. The molecule has 0 aromatic heterocycles. The first-order valence-corrected chi connectivity index (χ1v) is 4.32. The summed E-state index contributed by atoms with van der Waals surface area (Å²) in [5.41, 5.74) is -1.42. The van der Waals surface area contributed by atoms with E-state index in [9.17, 15) is 14.6 Å². The van der Waals surface area contributed by atoms with Crippen LogP contribution in [0.3, 0.4) is 0 Å². The van der Waals surface area contributed by atoms with Gasteiger partial charge in [-0.05, 0) is 10.4 Å². The van der Waals surface area contributed by atoms with E-state index in [0.29, 0.717) is 0 Å². The number of hydrogen-bond acceptors (Lipinski definition) is 5. The zero-order valence-electron chi connectivity index (χ0n) is 6.07. The third-order valence-corrected chi connectivity index (χ3v) is 2.17. The highest BCUT2D eigenvalue weighted by atomic mass is 79.9. The van der Waals surface area contributed by atoms with Gasteiger partial charge in [0.25, 0.3) is 5.66 Å². The van der Waals surface area contributed by atoms with Crippen molar-refractivity contribution in [3.05, 3.63) is 9.81 Å². The molecule has 0 unspecified atom stereocenters. The van der Waals surface area contributed by atoms with E-state index in [4.69, 9.17) is 0 Å². The molecule has 7 heteroatoms. The van der Waals surface area contributed by atoms with Gasteiger partial charge in [-0.15, -0.1) is 9.81 Å². The standard InChI is InChI=1S/C5H6BrN3O3/c6-1-4(10)9-2-5(3-9,7-11)8-12/h1-3H2. The monoisotopic (exact) mass is 235 g/mol. The summed E-state index contributed by atoms with van der Waals surface area (Å²) in [4.78, 5) is 32.5. The lowest BCUT2D eigenvalue weighted by Gasteiger charge is -2.39. The van der Waals surface area contributed by atoms with Crippen molar-refractivity contribution in [2.75, 3.05) is 18.4 Å². The first-order chi connectivity index (χ1) is 5.67. The summed E-state index contributed by atoms with van der Waals surface area (Å²) in [7, 11) is 0. The number of nitroso groups, excluding NO2 is 2. The SMILES string of the molecule is O=NC1(N=O)CN(C(=O)CBr)C1. The lowest BCUT2D eigenvalue weighted by Crippen LogP contribution is -2.61. The fourth-order valence-electron chi connectivity index (χ4n) is 0.958. The van der Waals surface area contributed by atoms with E-state index in [2.05, 4.69) is 26.3 Å². The van der Waals surface area contributed by atoms with Gasteiger partial charge in [-0.3, -0.25) is 4.79 Å². The molecule has 1 fully saturated rings. The third kappa shape index (κ3) is 1.36. The van der Waals surface area contributed by atoms with Gasteiger partial charge in [-0.25, -0.2) is 0 Å². The second kappa shape index (κ2) is 3.26. The lowest BCUT2D eigenvalue weighted by atomic mass is 10.0. The van der Waals surface area contributed by atoms with Crippen molar-refractivity contribution in [2.45, 2.75) is 5.66 Å². The van der Waals surface area contributed by atoms with E-state index in [1.807, 2.05) is 0 Å². The highest BCUT2D eigenvalue weighted by Gasteiger charge is 2.48. The van der Waals surface area contributed by atoms with Gasteiger partial charge >= 0.3 is 0 Å². The summed E-state index contributed by atoms with van der Waals surface area (Å²) >= 11 is 2.96. The minimum absolute atomic E-state index is 0.00440. The number of carbonyl (C=O) groups excluding carboxylic acids is 1. The van der Waals surface area contributed by atoms with Gasteiger partial charge in [-0.2, -0.15) is 0 Å². The number of amides is 1. The maximum Gasteiger partial charge on any atom is 0.266 e. The van der Waals surface area contributed by atoms with Crippen molar-refractivity contribution < 1.29 is 4.79 Å². The first-order valence-electron chi connectivity index (χ1n) is 3.20. The maximum atomic E-state index is 10.9. The molecule has 1 aliphatic heterocycles. The Kier molecular flexibility index (Phi) is 2.51. The average Bonchev–Trinajstić information content (AvgIpc) is 2.04. The molecule has 0 spiro atoms. The van der Waals surface area contributed by atoms with Gasteiger partial charge in [0, 0.05) is 0 Å². The predicted octanol–water partition coefficient (Wildman–Crippen LogP) is 0.453. The van der Waals surface area contributed by atoms with Gasteiger partial charge in [-0.1, -0.05) is 15.9 Å². The molecule has 0 radical (unpaired) electrons. The predicted molar refractivity (Wildman–Crippen MR) is 44.7 cm³/mol. The second-order valence-corrected chi connectivity index (χ2v) is 3.11. The Morgan fingerprint density at radius 2 is 1.92 bits per heavy atom. The van der Waals surface area contributed by atoms with Crippen molar-refractivity contribution in [1.29, 1.82) is 0 Å². The highest BCUT2D eigenvalue weighted by Crippen LogP contribution is 2.26. The topological polar surface area (TPSA) is 79.2 Å². The summed E-state index contributed by atoms with van der Waals surface area (Å²) in [6.07, 6.45) is 0. The van der Waals surface area contributed by atoms with Crippen LogP contribution in [0.2, 0.25) is 0 Å². The van der Waals surface area contributed by atoms with Gasteiger partial charge in [0.15, 0.2) is 0 Å². The molecule has 1 saturated heterocycles. The Balaban J connectivity index is 2.50. The van der Waals surface area contributed by atoms with Crippen LogP contribution in [0.25, 0.3) is 0 Å². The minimum Gasteiger partial charge on any atom is -0.332 e. The number of halogens is 1. The van der Waals surface area contributed by atoms with Gasteiger partial charge in [0.05, 0.1) is 18.4 Å². The molecule has 1 aliphatic rings. The number of likely N-dealkylation sites (tertiary alicyclic amines) is 1. The fraction of sp³-hybridized carbons (Fsp3) is 0.800. The molecule has 6 nitrogen and oxygen atoms in total. The highest BCUT2D eigenvalue weighted by molar-refractivity contribution is 9.09. The quantitative estimate of drug-likeness (QED) is 0.527. The molecule has 1 heterocycles. The molecule has 0 bridgehead atoms. The molecule has 66 valence electrons. The largest absolute Gasteiger partial charge is 0.332 e. The van der Waals surface area contributed by atoms with Crippen LogP contribution in [-0.4, -0.2) is 34.9 Å². The van der Waals surface area contributed by atoms with Crippen LogP contribution in [0.4, 0.5) is 0 Å². The Hall–Kier alpha value is -0.850. The Morgan fingerprint density at radius 1 is 1.42 bits per heavy atom. The van der Waals surface area contributed by atoms with Gasteiger partial charge in [0.1, 0.15) is 0 Å². The fourth-order valence-corrected chi connectivity index (χ4v) is 1.31. The third-order valence-electron chi connectivity index (χ3n) is 1.70. The number of hydrogen-bond donors (Lipinski definition) is 0. The van der Waals surface area contributed by atoms with Crippen LogP contribution in [0, 0.1) is 9.81 Å². The van der Waals surface area contributed by atoms with E-state index < -0.39 is 5.66 Å². The summed E-state index contributed by atoms with van der Waals surface area (Å²) in [6, 6.07) is 0. The number of alkyl halides is 1. The molecule has 12 heavy (non-hydrogen) atoms. The van der Waals surface area contributed by atoms with Crippen molar-refractivity contribution >= 4 is 21.8 Å². The number of carbonyl (C=O) groups is 1. The van der Waals surface area contributed by atoms with E-state index >= 15 is 0 Å². The molecule has 0 aromatic rings.